The Morgan fingerprint density at radius 2 is 1.81 bits per heavy atom. The number of carbonyl (C=O) groups is 1. The van der Waals surface area contributed by atoms with Gasteiger partial charge in [0.25, 0.3) is 5.91 Å². The van der Waals surface area contributed by atoms with Gasteiger partial charge < -0.3 is 0 Å². The predicted octanol–water partition coefficient (Wildman–Crippen LogP) is 3.33. The Kier molecular flexibility index (Phi) is 4.90. The molecule has 0 radical (unpaired) electrons. The van der Waals surface area contributed by atoms with E-state index < -0.39 is 15.9 Å². The summed E-state index contributed by atoms with van der Waals surface area (Å²) >= 11 is 1.30. The molecule has 0 fully saturated rings. The highest BCUT2D eigenvalue weighted by atomic mass is 32.2. The number of nitrogens with one attached hydrogen (secondary N) is 1. The molecule has 0 saturated heterocycles. The Labute approximate surface area is 155 Å². The lowest BCUT2D eigenvalue weighted by molar-refractivity contribution is 0.102. The van der Waals surface area contributed by atoms with Gasteiger partial charge in [-0.3, -0.25) is 10.1 Å². The van der Waals surface area contributed by atoms with Crippen LogP contribution >= 0.6 is 11.3 Å². The molecule has 3 rings (SSSR count). The summed E-state index contributed by atoms with van der Waals surface area (Å²) in [6.07, 6.45) is 0. The van der Waals surface area contributed by atoms with Crippen molar-refractivity contribution in [2.45, 2.75) is 18.7 Å². The number of amides is 1. The minimum absolute atomic E-state index is 0.104. The molecule has 26 heavy (non-hydrogen) atoms. The summed E-state index contributed by atoms with van der Waals surface area (Å²) in [5.74, 6) is -0.433. The molecule has 0 unspecified atom stereocenters. The number of nitrogens with two attached hydrogens (primary N) is 1. The highest BCUT2D eigenvalue weighted by Gasteiger charge is 2.16. The Morgan fingerprint density at radius 3 is 2.46 bits per heavy atom. The maximum atomic E-state index is 12.5. The second-order valence-corrected chi connectivity index (χ2v) is 8.30. The van der Waals surface area contributed by atoms with Crippen LogP contribution in [0.5, 0.6) is 0 Å². The van der Waals surface area contributed by atoms with E-state index in [0.29, 0.717) is 10.7 Å². The largest absolute Gasteiger partial charge is 0.298 e. The van der Waals surface area contributed by atoms with E-state index in [1.807, 2.05) is 36.6 Å². The minimum Gasteiger partial charge on any atom is -0.298 e. The molecule has 0 aliphatic carbocycles. The highest BCUT2D eigenvalue weighted by molar-refractivity contribution is 7.89. The number of rotatable bonds is 4. The molecule has 6 nitrogen and oxygen atoms in total. The second kappa shape index (κ2) is 6.99. The molecular weight excluding hydrogens is 370 g/mol. The first-order valence-corrected chi connectivity index (χ1v) is 10.1. The van der Waals surface area contributed by atoms with Crippen LogP contribution in [0.15, 0.2) is 52.7 Å². The number of carbonyl (C=O) groups excluding carboxylic acids is 1. The van der Waals surface area contributed by atoms with Crippen molar-refractivity contribution in [3.63, 3.8) is 0 Å². The third-order valence-electron chi connectivity index (χ3n) is 3.85. The molecule has 1 aromatic heterocycles. The summed E-state index contributed by atoms with van der Waals surface area (Å²) < 4.78 is 23.0. The third kappa shape index (κ3) is 3.98. The monoisotopic (exact) mass is 387 g/mol. The number of anilines is 1. The quantitative estimate of drug-likeness (QED) is 0.717. The van der Waals surface area contributed by atoms with Gasteiger partial charge in [-0.05, 0) is 31.5 Å². The SMILES string of the molecule is Cc1ccc(-c2csc(NC(=O)c3cc(S(N)(=O)=O)ccc3C)n2)cc1. The van der Waals surface area contributed by atoms with E-state index in [0.717, 1.165) is 16.8 Å². The number of aryl methyl sites for hydroxylation is 2. The van der Waals surface area contributed by atoms with Crippen molar-refractivity contribution < 1.29 is 13.2 Å². The van der Waals surface area contributed by atoms with Crippen LogP contribution in [-0.4, -0.2) is 19.3 Å². The van der Waals surface area contributed by atoms with E-state index in [9.17, 15) is 13.2 Å². The Bertz CT molecular complexity index is 1070. The number of benzene rings is 2. The molecule has 2 aromatic carbocycles. The Balaban J connectivity index is 1.84. The minimum atomic E-state index is -3.88. The van der Waals surface area contributed by atoms with E-state index in [4.69, 9.17) is 5.14 Å². The lowest BCUT2D eigenvalue weighted by Crippen LogP contribution is -2.17. The van der Waals surface area contributed by atoms with Gasteiger partial charge in [-0.25, -0.2) is 18.5 Å². The van der Waals surface area contributed by atoms with Gasteiger partial charge in [-0.2, -0.15) is 0 Å². The van der Waals surface area contributed by atoms with Gasteiger partial charge in [0.1, 0.15) is 0 Å². The van der Waals surface area contributed by atoms with E-state index in [-0.39, 0.29) is 10.5 Å². The normalized spacial score (nSPS) is 11.3. The molecule has 134 valence electrons. The van der Waals surface area contributed by atoms with Crippen LogP contribution in [0.2, 0.25) is 0 Å². The van der Waals surface area contributed by atoms with E-state index >= 15 is 0 Å². The summed E-state index contributed by atoms with van der Waals surface area (Å²) in [4.78, 5) is 16.8. The van der Waals surface area contributed by atoms with Gasteiger partial charge in [0.2, 0.25) is 10.0 Å². The lowest BCUT2D eigenvalue weighted by Gasteiger charge is -2.07. The zero-order chi connectivity index (χ0) is 18.9. The molecule has 0 bridgehead atoms. The molecule has 8 heteroatoms. The molecule has 3 N–H and O–H groups in total. The number of aromatic nitrogens is 1. The highest BCUT2D eigenvalue weighted by Crippen LogP contribution is 2.26. The number of hydrogen-bond donors (Lipinski definition) is 2. The first kappa shape index (κ1) is 18.2. The van der Waals surface area contributed by atoms with Crippen LogP contribution < -0.4 is 10.5 Å². The molecule has 3 aromatic rings. The fourth-order valence-corrected chi connectivity index (χ4v) is 3.63. The van der Waals surface area contributed by atoms with Gasteiger partial charge in [-0.15, -0.1) is 11.3 Å². The van der Waals surface area contributed by atoms with Crippen molar-refractivity contribution in [3.05, 3.63) is 64.5 Å². The van der Waals surface area contributed by atoms with E-state index in [1.54, 1.807) is 13.0 Å². The molecule has 0 spiro atoms. The number of primary sulfonamides is 1. The first-order valence-electron chi connectivity index (χ1n) is 7.71. The average molecular weight is 387 g/mol. The Morgan fingerprint density at radius 1 is 1.12 bits per heavy atom. The van der Waals surface area contributed by atoms with E-state index in [1.165, 1.54) is 23.5 Å². The Hall–Kier alpha value is -2.55. The summed E-state index contributed by atoms with van der Waals surface area (Å²) in [7, 11) is -3.88. The van der Waals surface area contributed by atoms with Crippen LogP contribution in [0.4, 0.5) is 5.13 Å². The first-order chi connectivity index (χ1) is 12.2. The van der Waals surface area contributed by atoms with Crippen LogP contribution in [0, 0.1) is 13.8 Å². The summed E-state index contributed by atoms with van der Waals surface area (Å²) in [6.45, 7) is 3.73. The predicted molar refractivity (Wildman–Crippen MR) is 103 cm³/mol. The fourth-order valence-electron chi connectivity index (χ4n) is 2.38. The van der Waals surface area contributed by atoms with Crippen LogP contribution in [0.3, 0.4) is 0 Å². The molecule has 0 aliphatic heterocycles. The molecule has 1 heterocycles. The molecule has 0 atom stereocenters. The summed E-state index contributed by atoms with van der Waals surface area (Å²) in [5.41, 5.74) is 3.76. The second-order valence-electron chi connectivity index (χ2n) is 5.88. The smallest absolute Gasteiger partial charge is 0.257 e. The van der Waals surface area contributed by atoms with Gasteiger partial charge >= 0.3 is 0 Å². The van der Waals surface area contributed by atoms with Crippen molar-refractivity contribution >= 4 is 32.4 Å². The standard InChI is InChI=1S/C18H17N3O3S2/c1-11-3-6-13(7-4-11)16-10-25-18(20-16)21-17(22)15-9-14(26(19,23)24)8-5-12(15)2/h3-10H,1-2H3,(H2,19,23,24)(H,20,21,22). The molecular formula is C18H17N3O3S2. The number of sulfonamides is 1. The maximum Gasteiger partial charge on any atom is 0.257 e. The zero-order valence-corrected chi connectivity index (χ0v) is 15.8. The molecule has 0 saturated carbocycles. The topological polar surface area (TPSA) is 102 Å². The summed E-state index contributed by atoms with van der Waals surface area (Å²) in [6, 6.07) is 12.1. The summed E-state index contributed by atoms with van der Waals surface area (Å²) in [5, 5.41) is 10.1. The lowest BCUT2D eigenvalue weighted by atomic mass is 10.1. The van der Waals surface area contributed by atoms with Gasteiger partial charge in [0.15, 0.2) is 5.13 Å². The van der Waals surface area contributed by atoms with Crippen molar-refractivity contribution in [1.82, 2.24) is 4.98 Å². The molecule has 0 aliphatic rings. The fraction of sp³-hybridized carbons (Fsp3) is 0.111. The van der Waals surface area contributed by atoms with Crippen molar-refractivity contribution in [2.75, 3.05) is 5.32 Å². The van der Waals surface area contributed by atoms with Gasteiger partial charge in [0.05, 0.1) is 10.6 Å². The van der Waals surface area contributed by atoms with Crippen LogP contribution in [0.25, 0.3) is 11.3 Å². The molecule has 1 amide bonds. The van der Waals surface area contributed by atoms with Crippen LogP contribution in [-0.2, 0) is 10.0 Å². The zero-order valence-electron chi connectivity index (χ0n) is 14.2. The van der Waals surface area contributed by atoms with Gasteiger partial charge in [0, 0.05) is 16.5 Å². The third-order valence-corrected chi connectivity index (χ3v) is 5.52. The van der Waals surface area contributed by atoms with Gasteiger partial charge in [-0.1, -0.05) is 35.9 Å². The average Bonchev–Trinajstić information content (AvgIpc) is 3.03. The maximum absolute atomic E-state index is 12.5. The van der Waals surface area contributed by atoms with Crippen molar-refractivity contribution in [1.29, 1.82) is 0 Å². The van der Waals surface area contributed by atoms with Crippen LogP contribution in [0.1, 0.15) is 21.5 Å². The number of hydrogen-bond acceptors (Lipinski definition) is 5. The van der Waals surface area contributed by atoms with Crippen molar-refractivity contribution in [3.8, 4) is 11.3 Å². The van der Waals surface area contributed by atoms with Crippen molar-refractivity contribution in [2.24, 2.45) is 5.14 Å². The number of thiazole rings is 1. The number of nitrogens with zero attached hydrogens (tertiary/aromatic N) is 1. The van der Waals surface area contributed by atoms with E-state index in [2.05, 4.69) is 10.3 Å².